The van der Waals surface area contributed by atoms with Crippen LogP contribution in [0.5, 0.6) is 0 Å². The zero-order chi connectivity index (χ0) is 11.7. The van der Waals surface area contributed by atoms with E-state index in [1.54, 1.807) is 0 Å². The highest BCUT2D eigenvalue weighted by Crippen LogP contribution is 2.03. The largest absolute Gasteiger partial charge is 0.481 e. The van der Waals surface area contributed by atoms with Gasteiger partial charge in [-0.1, -0.05) is 6.92 Å². The van der Waals surface area contributed by atoms with E-state index in [4.69, 9.17) is 14.6 Å². The number of carboxylic acids is 1. The van der Waals surface area contributed by atoms with Crippen LogP contribution in [0.25, 0.3) is 0 Å². The van der Waals surface area contributed by atoms with Crippen LogP contribution in [0.2, 0.25) is 0 Å². The number of aliphatic carboxylic acids is 1. The van der Waals surface area contributed by atoms with Gasteiger partial charge in [0.05, 0.1) is 18.8 Å². The Bertz CT molecular complexity index is 170. The monoisotopic (exact) mass is 218 g/mol. The number of hydrogen-bond acceptors (Lipinski definition) is 3. The molecule has 0 radical (unpaired) electrons. The van der Waals surface area contributed by atoms with Crippen molar-refractivity contribution in [1.29, 1.82) is 0 Å². The lowest BCUT2D eigenvalue weighted by molar-refractivity contribution is -0.137. The lowest BCUT2D eigenvalue weighted by Crippen LogP contribution is -2.21. The Morgan fingerprint density at radius 3 is 2.47 bits per heavy atom. The molecular formula is C11H22O4. The average Bonchev–Trinajstić information content (AvgIpc) is 2.20. The third-order valence-electron chi connectivity index (χ3n) is 1.99. The first-order chi connectivity index (χ1) is 7.06. The summed E-state index contributed by atoms with van der Waals surface area (Å²) in [5.74, 6) is -0.777. The molecule has 0 aliphatic heterocycles. The summed E-state index contributed by atoms with van der Waals surface area (Å²) in [6.45, 7) is 7.17. The molecule has 0 saturated heterocycles. The molecule has 0 heterocycles. The van der Waals surface area contributed by atoms with Gasteiger partial charge in [-0.3, -0.25) is 4.79 Å². The zero-order valence-electron chi connectivity index (χ0n) is 9.86. The molecule has 0 aliphatic rings. The van der Waals surface area contributed by atoms with E-state index in [1.165, 1.54) is 0 Å². The first-order valence-electron chi connectivity index (χ1n) is 5.51. The Balaban J connectivity index is 3.43. The Labute approximate surface area is 91.6 Å². The molecule has 2 unspecified atom stereocenters. The summed E-state index contributed by atoms with van der Waals surface area (Å²) in [5, 5.41) is 8.48. The summed E-state index contributed by atoms with van der Waals surface area (Å²) in [6.07, 6.45) is 1.77. The van der Waals surface area contributed by atoms with Gasteiger partial charge in [-0.2, -0.15) is 0 Å². The number of ether oxygens (including phenoxy) is 2. The maximum atomic E-state index is 10.3. The molecule has 0 spiro atoms. The van der Waals surface area contributed by atoms with Gasteiger partial charge in [0, 0.05) is 13.0 Å². The minimum atomic E-state index is -0.777. The van der Waals surface area contributed by atoms with Gasteiger partial charge >= 0.3 is 5.97 Å². The molecule has 0 bridgehead atoms. The van der Waals surface area contributed by atoms with E-state index in [2.05, 4.69) is 6.92 Å². The zero-order valence-corrected chi connectivity index (χ0v) is 9.86. The maximum absolute atomic E-state index is 10.3. The van der Waals surface area contributed by atoms with Crippen molar-refractivity contribution in [3.05, 3.63) is 0 Å². The van der Waals surface area contributed by atoms with Gasteiger partial charge in [0.15, 0.2) is 0 Å². The molecule has 0 rings (SSSR count). The van der Waals surface area contributed by atoms with Crippen LogP contribution in [-0.2, 0) is 14.3 Å². The van der Waals surface area contributed by atoms with Crippen molar-refractivity contribution in [2.45, 2.75) is 52.2 Å². The van der Waals surface area contributed by atoms with E-state index in [1.807, 2.05) is 13.8 Å². The molecular weight excluding hydrogens is 196 g/mol. The molecule has 15 heavy (non-hydrogen) atoms. The molecule has 4 heteroatoms. The fourth-order valence-corrected chi connectivity index (χ4v) is 1.08. The van der Waals surface area contributed by atoms with Crippen LogP contribution in [0.4, 0.5) is 0 Å². The quantitative estimate of drug-likeness (QED) is 0.643. The van der Waals surface area contributed by atoms with E-state index in [-0.39, 0.29) is 18.6 Å². The molecule has 0 saturated carbocycles. The second kappa shape index (κ2) is 8.68. The van der Waals surface area contributed by atoms with Crippen LogP contribution >= 0.6 is 0 Å². The van der Waals surface area contributed by atoms with E-state index in [0.717, 1.165) is 13.0 Å². The fourth-order valence-electron chi connectivity index (χ4n) is 1.08. The van der Waals surface area contributed by atoms with Crippen molar-refractivity contribution in [3.8, 4) is 0 Å². The minimum Gasteiger partial charge on any atom is -0.481 e. The third-order valence-corrected chi connectivity index (χ3v) is 1.99. The minimum absolute atomic E-state index is 0.0197. The molecule has 90 valence electrons. The lowest BCUT2D eigenvalue weighted by atomic mass is 10.2. The molecule has 0 fully saturated rings. The number of carbonyl (C=O) groups is 1. The van der Waals surface area contributed by atoms with Gasteiger partial charge in [-0.25, -0.2) is 0 Å². The molecule has 1 N–H and O–H groups in total. The van der Waals surface area contributed by atoms with Gasteiger partial charge < -0.3 is 14.6 Å². The third kappa shape index (κ3) is 9.69. The van der Waals surface area contributed by atoms with E-state index >= 15 is 0 Å². The van der Waals surface area contributed by atoms with E-state index in [0.29, 0.717) is 13.0 Å². The van der Waals surface area contributed by atoms with Gasteiger partial charge in [0.1, 0.15) is 0 Å². The van der Waals surface area contributed by atoms with Crippen LogP contribution in [0.1, 0.15) is 40.0 Å². The number of hydrogen-bond donors (Lipinski definition) is 1. The topological polar surface area (TPSA) is 55.8 Å². The summed E-state index contributed by atoms with van der Waals surface area (Å²) in [5.41, 5.74) is 0. The fraction of sp³-hybridized carbons (Fsp3) is 0.909. The van der Waals surface area contributed by atoms with Crippen molar-refractivity contribution in [2.75, 3.05) is 13.2 Å². The predicted molar refractivity (Wildman–Crippen MR) is 58.0 cm³/mol. The average molecular weight is 218 g/mol. The molecule has 0 aromatic carbocycles. The van der Waals surface area contributed by atoms with Crippen LogP contribution in [0.15, 0.2) is 0 Å². The highest BCUT2D eigenvalue weighted by molar-refractivity contribution is 5.66. The van der Waals surface area contributed by atoms with Gasteiger partial charge in [0.25, 0.3) is 0 Å². The van der Waals surface area contributed by atoms with Crippen molar-refractivity contribution >= 4 is 5.97 Å². The van der Waals surface area contributed by atoms with E-state index in [9.17, 15) is 4.79 Å². The standard InChI is InChI=1S/C11H22O4/c1-4-7-14-10(3)8-15-9(2)5-6-11(12)13/h9-10H,4-8H2,1-3H3,(H,12,13). The van der Waals surface area contributed by atoms with Crippen molar-refractivity contribution in [1.82, 2.24) is 0 Å². The highest BCUT2D eigenvalue weighted by atomic mass is 16.5. The first-order valence-corrected chi connectivity index (χ1v) is 5.51. The maximum Gasteiger partial charge on any atom is 0.303 e. The Morgan fingerprint density at radius 2 is 1.93 bits per heavy atom. The predicted octanol–water partition coefficient (Wildman–Crippen LogP) is 2.07. The lowest BCUT2D eigenvalue weighted by Gasteiger charge is -2.16. The highest BCUT2D eigenvalue weighted by Gasteiger charge is 2.08. The van der Waals surface area contributed by atoms with Gasteiger partial charge in [-0.15, -0.1) is 0 Å². The molecule has 0 aromatic heterocycles. The number of carboxylic acid groups (broad SMARTS) is 1. The van der Waals surface area contributed by atoms with Crippen molar-refractivity contribution < 1.29 is 19.4 Å². The normalized spacial score (nSPS) is 14.9. The Hall–Kier alpha value is -0.610. The summed E-state index contributed by atoms with van der Waals surface area (Å²) >= 11 is 0. The molecule has 2 atom stereocenters. The van der Waals surface area contributed by atoms with Crippen LogP contribution in [-0.4, -0.2) is 36.5 Å². The second-order valence-corrected chi connectivity index (χ2v) is 3.76. The molecule has 4 nitrogen and oxygen atoms in total. The van der Waals surface area contributed by atoms with Crippen LogP contribution < -0.4 is 0 Å². The molecule has 0 amide bonds. The van der Waals surface area contributed by atoms with Crippen molar-refractivity contribution in [3.63, 3.8) is 0 Å². The van der Waals surface area contributed by atoms with Gasteiger partial charge in [-0.05, 0) is 26.7 Å². The van der Waals surface area contributed by atoms with E-state index < -0.39 is 5.97 Å². The summed E-state index contributed by atoms with van der Waals surface area (Å²) in [7, 11) is 0. The summed E-state index contributed by atoms with van der Waals surface area (Å²) in [6, 6.07) is 0. The van der Waals surface area contributed by atoms with Crippen LogP contribution in [0, 0.1) is 0 Å². The smallest absolute Gasteiger partial charge is 0.303 e. The first kappa shape index (κ1) is 14.4. The van der Waals surface area contributed by atoms with Crippen molar-refractivity contribution in [2.24, 2.45) is 0 Å². The van der Waals surface area contributed by atoms with Gasteiger partial charge in [0.2, 0.25) is 0 Å². The number of rotatable bonds is 9. The molecule has 0 aliphatic carbocycles. The summed E-state index contributed by atoms with van der Waals surface area (Å²) in [4.78, 5) is 10.3. The Kier molecular flexibility index (Phi) is 8.33. The second-order valence-electron chi connectivity index (χ2n) is 3.76. The molecule has 0 aromatic rings. The Morgan fingerprint density at radius 1 is 1.27 bits per heavy atom. The SMILES string of the molecule is CCCOC(C)COC(C)CCC(=O)O. The summed E-state index contributed by atoms with van der Waals surface area (Å²) < 4.78 is 10.9. The van der Waals surface area contributed by atoms with Crippen LogP contribution in [0.3, 0.4) is 0 Å².